The summed E-state index contributed by atoms with van der Waals surface area (Å²) in [5, 5.41) is 5.73. The van der Waals surface area contributed by atoms with E-state index in [1.807, 2.05) is 38.1 Å². The molecule has 2 rings (SSSR count). The Labute approximate surface area is 145 Å². The van der Waals surface area contributed by atoms with Gasteiger partial charge in [-0.15, -0.1) is 0 Å². The van der Waals surface area contributed by atoms with Gasteiger partial charge in [-0.2, -0.15) is 18.2 Å². The summed E-state index contributed by atoms with van der Waals surface area (Å²) in [7, 11) is 0. The Bertz CT molecular complexity index is 717. The zero-order chi connectivity index (χ0) is 18.8. The molecule has 136 valence electrons. The minimum Gasteiger partial charge on any atom is -0.352 e. The first-order valence-corrected chi connectivity index (χ1v) is 8.05. The molecule has 1 aromatic carbocycles. The third-order valence-electron chi connectivity index (χ3n) is 3.46. The average Bonchev–Trinajstić information content (AvgIpc) is 2.45. The van der Waals surface area contributed by atoms with Crippen molar-refractivity contribution in [1.29, 1.82) is 0 Å². The van der Waals surface area contributed by atoms with E-state index in [1.54, 1.807) is 0 Å². The van der Waals surface area contributed by atoms with Crippen molar-refractivity contribution in [3.63, 3.8) is 0 Å². The molecular weight excluding hydrogens is 329 g/mol. The summed E-state index contributed by atoms with van der Waals surface area (Å²) in [5.74, 6) is 0.0348. The molecule has 0 aliphatic carbocycles. The summed E-state index contributed by atoms with van der Waals surface area (Å²) in [6.45, 7) is 9.90. The average molecular weight is 352 g/mol. The lowest BCUT2D eigenvalue weighted by molar-refractivity contribution is -0.141. The van der Waals surface area contributed by atoms with Crippen molar-refractivity contribution in [2.45, 2.75) is 52.3 Å². The van der Waals surface area contributed by atoms with Crippen LogP contribution in [0.25, 0.3) is 0 Å². The summed E-state index contributed by atoms with van der Waals surface area (Å²) in [4.78, 5) is 7.67. The molecule has 1 aromatic heterocycles. The maximum Gasteiger partial charge on any atom is 0.433 e. The van der Waals surface area contributed by atoms with E-state index in [0.29, 0.717) is 5.69 Å². The van der Waals surface area contributed by atoms with E-state index < -0.39 is 11.9 Å². The minimum absolute atomic E-state index is 0.00521. The van der Waals surface area contributed by atoms with Crippen LogP contribution in [-0.2, 0) is 11.6 Å². The Morgan fingerprint density at radius 3 is 2.04 bits per heavy atom. The maximum atomic E-state index is 13.1. The molecule has 2 N–H and O–H groups in total. The van der Waals surface area contributed by atoms with Crippen molar-refractivity contribution in [3.8, 4) is 0 Å². The van der Waals surface area contributed by atoms with E-state index in [2.05, 4.69) is 41.4 Å². The first kappa shape index (κ1) is 19.0. The van der Waals surface area contributed by atoms with Crippen LogP contribution >= 0.6 is 0 Å². The molecule has 0 aliphatic heterocycles. The van der Waals surface area contributed by atoms with Gasteiger partial charge in [-0.3, -0.25) is 0 Å². The van der Waals surface area contributed by atoms with Gasteiger partial charge < -0.3 is 10.6 Å². The van der Waals surface area contributed by atoms with E-state index in [-0.39, 0.29) is 23.2 Å². The molecule has 0 saturated carbocycles. The molecule has 2 aromatic rings. The number of anilines is 3. The molecule has 0 atom stereocenters. The summed E-state index contributed by atoms with van der Waals surface area (Å²) < 4.78 is 39.2. The number of rotatable bonds is 4. The number of hydrogen-bond donors (Lipinski definition) is 2. The number of aromatic nitrogens is 2. The van der Waals surface area contributed by atoms with E-state index >= 15 is 0 Å². The third kappa shape index (κ3) is 5.34. The van der Waals surface area contributed by atoms with E-state index in [1.165, 1.54) is 0 Å². The highest BCUT2D eigenvalue weighted by molar-refractivity contribution is 5.58. The number of alkyl halides is 3. The molecule has 0 spiro atoms. The normalized spacial score (nSPS) is 12.4. The second-order valence-electron chi connectivity index (χ2n) is 7.21. The van der Waals surface area contributed by atoms with Gasteiger partial charge in [-0.25, -0.2) is 4.98 Å². The number of benzene rings is 1. The van der Waals surface area contributed by atoms with Gasteiger partial charge in [0.1, 0.15) is 5.82 Å². The monoisotopic (exact) mass is 352 g/mol. The quantitative estimate of drug-likeness (QED) is 0.778. The van der Waals surface area contributed by atoms with Gasteiger partial charge in [0.15, 0.2) is 5.69 Å². The van der Waals surface area contributed by atoms with E-state index in [4.69, 9.17) is 0 Å². The van der Waals surface area contributed by atoms with Gasteiger partial charge in [-0.05, 0) is 37.0 Å². The Hall–Kier alpha value is -2.31. The van der Waals surface area contributed by atoms with Gasteiger partial charge >= 0.3 is 6.18 Å². The maximum absolute atomic E-state index is 13.1. The molecule has 0 amide bonds. The largest absolute Gasteiger partial charge is 0.433 e. The van der Waals surface area contributed by atoms with Crippen LogP contribution < -0.4 is 10.6 Å². The van der Waals surface area contributed by atoms with Crippen molar-refractivity contribution >= 4 is 17.5 Å². The summed E-state index contributed by atoms with van der Waals surface area (Å²) >= 11 is 0. The number of halogens is 3. The molecule has 0 radical (unpaired) electrons. The zero-order valence-electron chi connectivity index (χ0n) is 15.0. The highest BCUT2D eigenvalue weighted by Crippen LogP contribution is 2.31. The van der Waals surface area contributed by atoms with Crippen LogP contribution in [-0.4, -0.2) is 16.0 Å². The number of nitrogens with zero attached hydrogens (tertiary/aromatic N) is 2. The second-order valence-corrected chi connectivity index (χ2v) is 7.21. The van der Waals surface area contributed by atoms with Crippen molar-refractivity contribution in [1.82, 2.24) is 9.97 Å². The Balaban J connectivity index is 2.31. The first-order chi connectivity index (χ1) is 11.4. The van der Waals surface area contributed by atoms with Gasteiger partial charge in [0, 0.05) is 17.8 Å². The van der Waals surface area contributed by atoms with E-state index in [9.17, 15) is 13.2 Å². The van der Waals surface area contributed by atoms with Crippen LogP contribution in [0.4, 0.5) is 30.6 Å². The molecule has 0 unspecified atom stereocenters. The van der Waals surface area contributed by atoms with Crippen molar-refractivity contribution in [2.75, 3.05) is 10.6 Å². The first-order valence-electron chi connectivity index (χ1n) is 8.05. The van der Waals surface area contributed by atoms with Gasteiger partial charge in [0.05, 0.1) is 0 Å². The Morgan fingerprint density at radius 1 is 0.960 bits per heavy atom. The molecule has 1 heterocycles. The van der Waals surface area contributed by atoms with Crippen LogP contribution in [0.3, 0.4) is 0 Å². The molecule has 25 heavy (non-hydrogen) atoms. The predicted octanol–water partition coefficient (Wildman–Crippen LogP) is 5.36. The lowest BCUT2D eigenvalue weighted by Crippen LogP contribution is -2.17. The molecule has 0 bridgehead atoms. The van der Waals surface area contributed by atoms with Crippen LogP contribution in [0, 0.1) is 0 Å². The highest BCUT2D eigenvalue weighted by atomic mass is 19.4. The molecule has 0 aliphatic rings. The predicted molar refractivity (Wildman–Crippen MR) is 94.2 cm³/mol. The van der Waals surface area contributed by atoms with Crippen LogP contribution in [0.5, 0.6) is 0 Å². The highest BCUT2D eigenvalue weighted by Gasteiger charge is 2.33. The fourth-order valence-corrected chi connectivity index (χ4v) is 2.18. The fourth-order valence-electron chi connectivity index (χ4n) is 2.18. The summed E-state index contributed by atoms with van der Waals surface area (Å²) in [6, 6.07) is 8.37. The summed E-state index contributed by atoms with van der Waals surface area (Å²) in [6.07, 6.45) is -4.54. The smallest absolute Gasteiger partial charge is 0.352 e. The second kappa shape index (κ2) is 6.90. The number of hydrogen-bond acceptors (Lipinski definition) is 4. The fraction of sp³-hybridized carbons (Fsp3) is 0.444. The molecule has 4 nitrogen and oxygen atoms in total. The third-order valence-corrected chi connectivity index (χ3v) is 3.46. The van der Waals surface area contributed by atoms with Crippen molar-refractivity contribution in [2.24, 2.45) is 0 Å². The van der Waals surface area contributed by atoms with E-state index in [0.717, 1.165) is 11.6 Å². The Kier molecular flexibility index (Phi) is 5.25. The molecule has 7 heteroatoms. The van der Waals surface area contributed by atoms with Crippen LogP contribution in [0.2, 0.25) is 0 Å². The van der Waals surface area contributed by atoms with Gasteiger partial charge in [-0.1, -0.05) is 32.9 Å². The van der Waals surface area contributed by atoms with Gasteiger partial charge in [0.25, 0.3) is 0 Å². The minimum atomic E-state index is -4.54. The van der Waals surface area contributed by atoms with Gasteiger partial charge in [0.2, 0.25) is 5.95 Å². The summed E-state index contributed by atoms with van der Waals surface area (Å²) in [5.41, 5.74) is 0.819. The lowest BCUT2D eigenvalue weighted by atomic mass is 9.87. The van der Waals surface area contributed by atoms with Crippen molar-refractivity contribution < 1.29 is 13.2 Å². The van der Waals surface area contributed by atoms with Crippen molar-refractivity contribution in [3.05, 3.63) is 41.6 Å². The Morgan fingerprint density at radius 2 is 1.56 bits per heavy atom. The van der Waals surface area contributed by atoms with Crippen LogP contribution in [0.1, 0.15) is 45.9 Å². The zero-order valence-corrected chi connectivity index (χ0v) is 15.0. The lowest BCUT2D eigenvalue weighted by Gasteiger charge is -2.19. The SMILES string of the molecule is CC(C)Nc1nc(Nc2ccc(C(C)(C)C)cc2)cc(C(F)(F)F)n1. The molecule has 0 fully saturated rings. The van der Waals surface area contributed by atoms with Crippen LogP contribution in [0.15, 0.2) is 30.3 Å². The topological polar surface area (TPSA) is 49.8 Å². The molecule has 0 saturated heterocycles. The standard InChI is InChI=1S/C18H23F3N4/c1-11(2)22-16-24-14(18(19,20)21)10-15(25-16)23-13-8-6-12(7-9-13)17(3,4)5/h6-11H,1-5H3,(H2,22,23,24,25). The number of nitrogens with one attached hydrogen (secondary N) is 2. The molecular formula is C18H23F3N4.